The maximum atomic E-state index is 13.7. The number of hydrogen-bond acceptors (Lipinski definition) is 2. The first-order valence-corrected chi connectivity index (χ1v) is 6.74. The second-order valence-electron chi connectivity index (χ2n) is 5.06. The number of halogens is 4. The van der Waals surface area contributed by atoms with Gasteiger partial charge in [-0.25, -0.2) is 0 Å². The monoisotopic (exact) mass is 313 g/mol. The van der Waals surface area contributed by atoms with Crippen LogP contribution in [0.5, 0.6) is 0 Å². The summed E-state index contributed by atoms with van der Waals surface area (Å²) in [5.41, 5.74) is -2.61. The van der Waals surface area contributed by atoms with Gasteiger partial charge >= 0.3 is 6.18 Å². The number of rotatable bonds is 0. The van der Waals surface area contributed by atoms with Crippen molar-refractivity contribution in [3.8, 4) is 11.8 Å². The minimum atomic E-state index is -4.71. The van der Waals surface area contributed by atoms with Gasteiger partial charge in [-0.05, 0) is 43.5 Å². The molecule has 0 radical (unpaired) electrons. The predicted octanol–water partition coefficient (Wildman–Crippen LogP) is 4.42. The second kappa shape index (κ2) is 4.60. The van der Waals surface area contributed by atoms with Crippen LogP contribution in [0, 0.1) is 17.8 Å². The van der Waals surface area contributed by atoms with E-state index in [4.69, 9.17) is 16.3 Å². The lowest BCUT2D eigenvalue weighted by Crippen LogP contribution is -2.47. The number of hydrogen-bond donors (Lipinski definition) is 1. The van der Waals surface area contributed by atoms with E-state index in [0.717, 1.165) is 12.8 Å². The molecular weight excluding hydrogens is 303 g/mol. The van der Waals surface area contributed by atoms with Crippen LogP contribution < -0.4 is 5.32 Å². The number of benzene rings is 1. The average Bonchev–Trinajstić information content (AvgIpc) is 3.19. The van der Waals surface area contributed by atoms with Gasteiger partial charge in [-0.1, -0.05) is 17.5 Å². The van der Waals surface area contributed by atoms with Crippen LogP contribution in [0.4, 0.5) is 18.9 Å². The van der Waals surface area contributed by atoms with Crippen molar-refractivity contribution >= 4 is 17.3 Å². The molecule has 1 heterocycles. The van der Waals surface area contributed by atoms with Crippen LogP contribution in [0.1, 0.15) is 18.4 Å². The summed E-state index contributed by atoms with van der Waals surface area (Å²) >= 11 is 5.84. The normalized spacial score (nSPS) is 24.3. The molecule has 110 valence electrons. The Morgan fingerprint density at radius 1 is 1.38 bits per heavy atom. The van der Waals surface area contributed by atoms with Crippen LogP contribution in [-0.2, 0) is 10.3 Å². The van der Waals surface area contributed by atoms with Crippen molar-refractivity contribution in [2.75, 3.05) is 5.32 Å². The molecule has 21 heavy (non-hydrogen) atoms. The van der Waals surface area contributed by atoms with Crippen LogP contribution in [0.3, 0.4) is 0 Å². The van der Waals surface area contributed by atoms with Crippen LogP contribution in [-0.4, -0.2) is 6.18 Å². The zero-order chi connectivity index (χ0) is 15.3. The molecule has 1 unspecified atom stereocenters. The molecule has 0 amide bonds. The molecular formula is C15H11ClF3NO. The molecule has 0 saturated heterocycles. The van der Waals surface area contributed by atoms with E-state index in [1.54, 1.807) is 0 Å². The Bertz CT molecular complexity index is 670. The van der Waals surface area contributed by atoms with Gasteiger partial charge in [0.25, 0.3) is 5.60 Å². The van der Waals surface area contributed by atoms with Crippen molar-refractivity contribution in [2.24, 2.45) is 5.92 Å². The first-order valence-electron chi connectivity index (χ1n) is 6.36. The lowest BCUT2D eigenvalue weighted by Gasteiger charge is -2.38. The van der Waals surface area contributed by atoms with Gasteiger partial charge in [0, 0.05) is 22.2 Å². The molecule has 1 aromatic carbocycles. The van der Waals surface area contributed by atoms with Gasteiger partial charge in [-0.3, -0.25) is 0 Å². The highest BCUT2D eigenvalue weighted by molar-refractivity contribution is 6.30. The zero-order valence-electron chi connectivity index (χ0n) is 10.9. The predicted molar refractivity (Wildman–Crippen MR) is 73.5 cm³/mol. The second-order valence-corrected chi connectivity index (χ2v) is 5.50. The molecule has 1 N–H and O–H groups in total. The summed E-state index contributed by atoms with van der Waals surface area (Å²) in [5, 5.41) is 2.86. The van der Waals surface area contributed by atoms with Crippen molar-refractivity contribution < 1.29 is 17.9 Å². The van der Waals surface area contributed by atoms with Crippen molar-refractivity contribution in [1.82, 2.24) is 0 Å². The minimum absolute atomic E-state index is 0.0126. The number of alkyl halides is 3. The van der Waals surface area contributed by atoms with Gasteiger partial charge in [0.15, 0.2) is 5.88 Å². The summed E-state index contributed by atoms with van der Waals surface area (Å²) in [6, 6.07) is 4.19. The molecule has 1 aromatic rings. The van der Waals surface area contributed by atoms with Crippen LogP contribution in [0.2, 0.25) is 5.02 Å². The third-order valence-corrected chi connectivity index (χ3v) is 3.58. The Hall–Kier alpha value is -1.80. The highest BCUT2D eigenvalue weighted by atomic mass is 35.5. The van der Waals surface area contributed by atoms with Crippen molar-refractivity contribution in [1.29, 1.82) is 0 Å². The average molecular weight is 314 g/mol. The van der Waals surface area contributed by atoms with E-state index in [-0.39, 0.29) is 28.1 Å². The third kappa shape index (κ3) is 2.44. The highest BCUT2D eigenvalue weighted by Crippen LogP contribution is 2.49. The van der Waals surface area contributed by atoms with Gasteiger partial charge in [-0.15, -0.1) is 0 Å². The number of anilines is 1. The fourth-order valence-corrected chi connectivity index (χ4v) is 2.31. The molecule has 1 saturated carbocycles. The Morgan fingerprint density at radius 3 is 2.71 bits per heavy atom. The Kier molecular flexibility index (Phi) is 3.10. The lowest BCUT2D eigenvalue weighted by atomic mass is 9.90. The van der Waals surface area contributed by atoms with E-state index >= 15 is 0 Å². The van der Waals surface area contributed by atoms with E-state index < -0.39 is 11.8 Å². The van der Waals surface area contributed by atoms with Crippen molar-refractivity contribution in [2.45, 2.75) is 24.6 Å². The molecule has 1 aliphatic heterocycles. The summed E-state index contributed by atoms with van der Waals surface area (Å²) in [4.78, 5) is 0. The zero-order valence-corrected chi connectivity index (χ0v) is 11.6. The quantitative estimate of drug-likeness (QED) is 0.716. The maximum Gasteiger partial charge on any atom is 0.445 e. The largest absolute Gasteiger partial charge is 0.446 e. The molecule has 0 aromatic heterocycles. The van der Waals surface area contributed by atoms with Gasteiger partial charge in [0.1, 0.15) is 0 Å². The molecule has 2 nitrogen and oxygen atoms in total. The van der Waals surface area contributed by atoms with Gasteiger partial charge in [-0.2, -0.15) is 13.2 Å². The molecule has 6 heteroatoms. The summed E-state index contributed by atoms with van der Waals surface area (Å²) in [6.45, 7) is 3.45. The van der Waals surface area contributed by atoms with Crippen molar-refractivity contribution in [3.63, 3.8) is 0 Å². The molecule has 1 aliphatic carbocycles. The third-order valence-electron chi connectivity index (χ3n) is 3.34. The van der Waals surface area contributed by atoms with E-state index in [2.05, 4.69) is 23.7 Å². The van der Waals surface area contributed by atoms with Crippen LogP contribution >= 0.6 is 11.6 Å². The van der Waals surface area contributed by atoms with Gasteiger partial charge in [0.05, 0.1) is 0 Å². The fourth-order valence-electron chi connectivity index (χ4n) is 2.14. The standard InChI is InChI=1S/C15H11ClF3NO/c1-9-20-13-5-4-11(16)8-12(13)14(21-9,15(17,18)19)7-6-10-2-3-10/h4-5,8,10,20H,1-3H2. The highest BCUT2D eigenvalue weighted by Gasteiger charge is 2.61. The lowest BCUT2D eigenvalue weighted by molar-refractivity contribution is -0.248. The van der Waals surface area contributed by atoms with E-state index in [0.29, 0.717) is 0 Å². The molecule has 0 spiro atoms. The first-order chi connectivity index (χ1) is 9.82. The summed E-state index contributed by atoms with van der Waals surface area (Å²) in [7, 11) is 0. The number of fused-ring (bicyclic) bond motifs is 1. The fraction of sp³-hybridized carbons (Fsp3) is 0.333. The van der Waals surface area contributed by atoms with E-state index in [1.807, 2.05) is 0 Å². The topological polar surface area (TPSA) is 21.3 Å². The number of nitrogens with one attached hydrogen (secondary N) is 1. The number of ether oxygens (including phenoxy) is 1. The summed E-state index contributed by atoms with van der Waals surface area (Å²) in [6.07, 6.45) is -3.07. The van der Waals surface area contributed by atoms with E-state index in [1.165, 1.54) is 18.2 Å². The first kappa shape index (κ1) is 14.2. The molecule has 3 rings (SSSR count). The molecule has 2 aliphatic rings. The Morgan fingerprint density at radius 2 is 2.10 bits per heavy atom. The SMILES string of the molecule is C=C1Nc2ccc(Cl)cc2C(C#CC2CC2)(C(F)(F)F)O1. The summed E-state index contributed by atoms with van der Waals surface area (Å²) < 4.78 is 46.2. The minimum Gasteiger partial charge on any atom is -0.446 e. The van der Waals surface area contributed by atoms with Gasteiger partial charge in [0.2, 0.25) is 0 Å². The molecule has 0 bridgehead atoms. The van der Waals surface area contributed by atoms with Crippen LogP contribution in [0.15, 0.2) is 30.7 Å². The van der Waals surface area contributed by atoms with Crippen LogP contribution in [0.25, 0.3) is 0 Å². The summed E-state index contributed by atoms with van der Waals surface area (Å²) in [5.74, 6) is 4.77. The molecule has 1 atom stereocenters. The molecule has 1 fully saturated rings. The Balaban J connectivity index is 2.22. The van der Waals surface area contributed by atoms with Crippen molar-refractivity contribution in [3.05, 3.63) is 41.2 Å². The maximum absolute atomic E-state index is 13.7. The van der Waals surface area contributed by atoms with Gasteiger partial charge < -0.3 is 10.1 Å². The Labute approximate surface area is 124 Å². The van der Waals surface area contributed by atoms with E-state index in [9.17, 15) is 13.2 Å². The smallest absolute Gasteiger partial charge is 0.445 e.